The number of piperidine rings is 1. The van der Waals surface area contributed by atoms with E-state index in [4.69, 9.17) is 0 Å². The summed E-state index contributed by atoms with van der Waals surface area (Å²) in [5, 5.41) is 2.66. The first-order chi connectivity index (χ1) is 13.7. The summed E-state index contributed by atoms with van der Waals surface area (Å²) >= 11 is 0. The molecule has 0 aliphatic carbocycles. The zero-order chi connectivity index (χ0) is 21.2. The van der Waals surface area contributed by atoms with Crippen LogP contribution in [0.15, 0.2) is 41.3 Å². The van der Waals surface area contributed by atoms with Crippen molar-refractivity contribution in [2.24, 2.45) is 0 Å². The summed E-state index contributed by atoms with van der Waals surface area (Å²) in [6.45, 7) is 4.23. The highest BCUT2D eigenvalue weighted by Gasteiger charge is 2.27. The van der Waals surface area contributed by atoms with Crippen LogP contribution in [-0.4, -0.2) is 31.7 Å². The minimum atomic E-state index is -3.68. The lowest BCUT2D eigenvalue weighted by atomic mass is 10.1. The molecule has 1 N–H and O–H groups in total. The molecule has 8 heteroatoms. The van der Waals surface area contributed by atoms with E-state index in [2.05, 4.69) is 5.32 Å². The summed E-state index contributed by atoms with van der Waals surface area (Å²) in [5.41, 5.74) is 0.957. The van der Waals surface area contributed by atoms with Crippen LogP contribution in [0.25, 0.3) is 0 Å². The number of nitrogens with one attached hydrogen (secondary N) is 1. The molecule has 29 heavy (non-hydrogen) atoms. The van der Waals surface area contributed by atoms with Gasteiger partial charge in [-0.25, -0.2) is 17.2 Å². The fourth-order valence-corrected chi connectivity index (χ4v) is 5.01. The van der Waals surface area contributed by atoms with Gasteiger partial charge in [-0.1, -0.05) is 18.6 Å². The highest BCUT2D eigenvalue weighted by molar-refractivity contribution is 7.89. The van der Waals surface area contributed by atoms with Crippen LogP contribution in [0, 0.1) is 18.6 Å². The molecule has 0 radical (unpaired) electrons. The molecular weight excluding hydrogens is 398 g/mol. The first-order valence-electron chi connectivity index (χ1n) is 9.57. The molecular formula is C21H24F2N2O3S. The molecule has 5 nitrogen and oxygen atoms in total. The lowest BCUT2D eigenvalue weighted by Gasteiger charge is -2.26. The van der Waals surface area contributed by atoms with Crippen molar-refractivity contribution >= 4 is 15.9 Å². The Bertz CT molecular complexity index is 1020. The van der Waals surface area contributed by atoms with Crippen molar-refractivity contribution in [1.29, 1.82) is 0 Å². The lowest BCUT2D eigenvalue weighted by molar-refractivity contribution is 0.0938. The number of amides is 1. The van der Waals surface area contributed by atoms with E-state index in [0.717, 1.165) is 31.4 Å². The lowest BCUT2D eigenvalue weighted by Crippen LogP contribution is -2.36. The largest absolute Gasteiger partial charge is 0.345 e. The molecule has 1 aliphatic rings. The van der Waals surface area contributed by atoms with Crippen LogP contribution in [0.4, 0.5) is 8.78 Å². The Balaban J connectivity index is 1.84. The molecule has 1 atom stereocenters. The normalized spacial score (nSPS) is 16.4. The van der Waals surface area contributed by atoms with Crippen LogP contribution >= 0.6 is 0 Å². The average Bonchev–Trinajstić information content (AvgIpc) is 2.68. The van der Waals surface area contributed by atoms with Gasteiger partial charge in [0.15, 0.2) is 0 Å². The van der Waals surface area contributed by atoms with Crippen molar-refractivity contribution in [3.05, 3.63) is 64.7 Å². The Morgan fingerprint density at radius 3 is 2.41 bits per heavy atom. The molecule has 1 fully saturated rings. The summed E-state index contributed by atoms with van der Waals surface area (Å²) in [7, 11) is -3.68. The number of hydrogen-bond donors (Lipinski definition) is 1. The first kappa shape index (κ1) is 21.4. The van der Waals surface area contributed by atoms with Crippen molar-refractivity contribution in [2.45, 2.75) is 44.0 Å². The van der Waals surface area contributed by atoms with Crippen LogP contribution in [0.5, 0.6) is 0 Å². The highest BCUT2D eigenvalue weighted by atomic mass is 32.2. The number of benzene rings is 2. The van der Waals surface area contributed by atoms with E-state index in [0.29, 0.717) is 18.7 Å². The minimum absolute atomic E-state index is 0.0655. The molecule has 0 bridgehead atoms. The van der Waals surface area contributed by atoms with Gasteiger partial charge in [0, 0.05) is 30.3 Å². The fourth-order valence-electron chi connectivity index (χ4n) is 3.47. The van der Waals surface area contributed by atoms with Crippen LogP contribution in [0.3, 0.4) is 0 Å². The van der Waals surface area contributed by atoms with E-state index >= 15 is 0 Å². The smallest absolute Gasteiger partial charge is 0.252 e. The summed E-state index contributed by atoms with van der Waals surface area (Å²) in [5.74, 6) is -1.97. The van der Waals surface area contributed by atoms with E-state index in [9.17, 15) is 22.0 Å². The van der Waals surface area contributed by atoms with Gasteiger partial charge < -0.3 is 5.32 Å². The quantitative estimate of drug-likeness (QED) is 0.794. The average molecular weight is 422 g/mol. The third-order valence-electron chi connectivity index (χ3n) is 5.18. The molecule has 0 saturated carbocycles. The number of aryl methyl sites for hydroxylation is 1. The van der Waals surface area contributed by atoms with Crippen molar-refractivity contribution in [2.75, 3.05) is 13.1 Å². The van der Waals surface area contributed by atoms with Crippen molar-refractivity contribution in [3.63, 3.8) is 0 Å². The predicted octanol–water partition coefficient (Wildman–Crippen LogP) is 3.94. The Morgan fingerprint density at radius 1 is 1.07 bits per heavy atom. The van der Waals surface area contributed by atoms with Gasteiger partial charge in [0.1, 0.15) is 11.6 Å². The Labute approximate surface area is 169 Å². The third kappa shape index (κ3) is 4.64. The SMILES string of the molecule is Cc1ccc(S(=O)(=O)N2CCCCC2)cc1C(=O)NC(C)c1ccc(F)cc1F. The van der Waals surface area contributed by atoms with Crippen molar-refractivity contribution in [1.82, 2.24) is 9.62 Å². The predicted molar refractivity (Wildman–Crippen MR) is 106 cm³/mol. The van der Waals surface area contributed by atoms with Gasteiger partial charge in [0.05, 0.1) is 10.9 Å². The maximum Gasteiger partial charge on any atom is 0.252 e. The maximum absolute atomic E-state index is 14.0. The van der Waals surface area contributed by atoms with Gasteiger partial charge in [-0.3, -0.25) is 4.79 Å². The first-order valence-corrected chi connectivity index (χ1v) is 11.0. The molecule has 1 heterocycles. The molecule has 1 aliphatic heterocycles. The second-order valence-corrected chi connectivity index (χ2v) is 9.24. The van der Waals surface area contributed by atoms with Crippen LogP contribution in [0.2, 0.25) is 0 Å². The Hall–Kier alpha value is -2.32. The molecule has 156 valence electrons. The number of rotatable bonds is 5. The third-order valence-corrected chi connectivity index (χ3v) is 7.08. The molecule has 3 rings (SSSR count). The van der Waals surface area contributed by atoms with E-state index in [1.807, 2.05) is 0 Å². The number of nitrogens with zero attached hydrogens (tertiary/aromatic N) is 1. The van der Waals surface area contributed by atoms with Gasteiger partial charge in [-0.05, 0) is 50.5 Å². The number of hydrogen-bond acceptors (Lipinski definition) is 3. The summed E-state index contributed by atoms with van der Waals surface area (Å²) in [6.07, 6.45) is 2.64. The van der Waals surface area contributed by atoms with E-state index < -0.39 is 33.6 Å². The monoisotopic (exact) mass is 422 g/mol. The molecule has 0 aromatic heterocycles. The Kier molecular flexibility index (Phi) is 6.33. The number of carbonyl (C=O) groups is 1. The van der Waals surface area contributed by atoms with Crippen molar-refractivity contribution < 1.29 is 22.0 Å². The van der Waals surface area contributed by atoms with E-state index in [-0.39, 0.29) is 16.0 Å². The zero-order valence-electron chi connectivity index (χ0n) is 16.4. The number of carbonyl (C=O) groups excluding carboxylic acids is 1. The topological polar surface area (TPSA) is 66.5 Å². The van der Waals surface area contributed by atoms with Crippen LogP contribution in [0.1, 0.15) is 53.7 Å². The Morgan fingerprint density at radius 2 is 1.76 bits per heavy atom. The van der Waals surface area contributed by atoms with Gasteiger partial charge in [-0.15, -0.1) is 0 Å². The van der Waals surface area contributed by atoms with E-state index in [1.54, 1.807) is 19.9 Å². The summed E-state index contributed by atoms with van der Waals surface area (Å²) < 4.78 is 54.3. The van der Waals surface area contributed by atoms with Crippen LogP contribution in [-0.2, 0) is 10.0 Å². The van der Waals surface area contributed by atoms with Gasteiger partial charge >= 0.3 is 0 Å². The minimum Gasteiger partial charge on any atom is -0.345 e. The van der Waals surface area contributed by atoms with Gasteiger partial charge in [0.2, 0.25) is 10.0 Å². The second kappa shape index (κ2) is 8.59. The van der Waals surface area contributed by atoms with Gasteiger partial charge in [0.25, 0.3) is 5.91 Å². The molecule has 0 spiro atoms. The second-order valence-electron chi connectivity index (χ2n) is 7.30. The molecule has 1 saturated heterocycles. The summed E-state index contributed by atoms with van der Waals surface area (Å²) in [4.78, 5) is 12.8. The molecule has 2 aromatic rings. The van der Waals surface area contributed by atoms with Crippen molar-refractivity contribution in [3.8, 4) is 0 Å². The summed E-state index contributed by atoms with van der Waals surface area (Å²) in [6, 6.07) is 6.90. The molecule has 1 amide bonds. The zero-order valence-corrected chi connectivity index (χ0v) is 17.2. The van der Waals surface area contributed by atoms with E-state index in [1.165, 1.54) is 22.5 Å². The maximum atomic E-state index is 14.0. The standard InChI is InChI=1S/C21H24F2N2O3S/c1-14-6-8-17(29(27,28)25-10-4-3-5-11-25)13-19(14)21(26)24-15(2)18-9-7-16(22)12-20(18)23/h6-9,12-13,15H,3-5,10-11H2,1-2H3,(H,24,26). The molecule has 1 unspecified atom stereocenters. The fraction of sp³-hybridized carbons (Fsp3) is 0.381. The number of halogens is 2. The van der Waals surface area contributed by atoms with Gasteiger partial charge in [-0.2, -0.15) is 4.31 Å². The van der Waals surface area contributed by atoms with Crippen LogP contribution < -0.4 is 5.32 Å². The highest BCUT2D eigenvalue weighted by Crippen LogP contribution is 2.24. The number of sulfonamides is 1. The molecule has 2 aromatic carbocycles.